The molecule has 0 radical (unpaired) electrons. The molecule has 0 heterocycles. The van der Waals surface area contributed by atoms with Crippen LogP contribution in [0.4, 0.5) is 0 Å². The summed E-state index contributed by atoms with van der Waals surface area (Å²) < 4.78 is 5.62. The second-order valence-electron chi connectivity index (χ2n) is 3.36. The molecule has 0 fully saturated rings. The van der Waals surface area contributed by atoms with E-state index in [4.69, 9.17) is 4.74 Å². The van der Waals surface area contributed by atoms with Crippen LogP contribution >= 0.6 is 11.8 Å². The van der Waals surface area contributed by atoms with Crippen LogP contribution in [0.15, 0.2) is 24.3 Å². The lowest BCUT2D eigenvalue weighted by atomic mass is 10.2. The Morgan fingerprint density at radius 2 is 2.14 bits per heavy atom. The van der Waals surface area contributed by atoms with E-state index in [-0.39, 0.29) is 0 Å². The fraction of sp³-hybridized carbons (Fsp3) is 0.500. The molecule has 0 bridgehead atoms. The highest BCUT2D eigenvalue weighted by molar-refractivity contribution is 7.98. The molecule has 0 aromatic heterocycles. The van der Waals surface area contributed by atoms with Gasteiger partial charge in [-0.3, -0.25) is 0 Å². The average Bonchev–Trinajstić information content (AvgIpc) is 2.18. The zero-order chi connectivity index (χ0) is 10.2. The van der Waals surface area contributed by atoms with Crippen molar-refractivity contribution in [1.29, 1.82) is 0 Å². The maximum absolute atomic E-state index is 5.62. The third kappa shape index (κ3) is 4.56. The van der Waals surface area contributed by atoms with Crippen LogP contribution < -0.4 is 4.74 Å². The second kappa shape index (κ2) is 6.77. The molecule has 0 N–H and O–H groups in total. The van der Waals surface area contributed by atoms with Crippen molar-refractivity contribution in [2.75, 3.05) is 18.6 Å². The second-order valence-corrected chi connectivity index (χ2v) is 4.35. The number of ether oxygens (including phenoxy) is 1. The number of benzene rings is 1. The summed E-state index contributed by atoms with van der Waals surface area (Å²) in [6.07, 6.45) is 4.53. The number of aryl methyl sites for hydroxylation is 1. The summed E-state index contributed by atoms with van der Waals surface area (Å²) in [6.45, 7) is 2.92. The molecule has 0 aliphatic heterocycles. The highest BCUT2D eigenvalue weighted by atomic mass is 32.2. The predicted molar refractivity (Wildman–Crippen MR) is 64.3 cm³/mol. The standard InChI is InChI=1S/C12H18OS/c1-11-6-5-7-12(10-11)13-8-3-4-9-14-2/h5-7,10H,3-4,8-9H2,1-2H3. The van der Waals surface area contributed by atoms with Crippen LogP contribution in [0.1, 0.15) is 18.4 Å². The van der Waals surface area contributed by atoms with E-state index in [1.165, 1.54) is 17.7 Å². The topological polar surface area (TPSA) is 9.23 Å². The van der Waals surface area contributed by atoms with Crippen LogP contribution in [0.5, 0.6) is 5.75 Å². The molecule has 1 nitrogen and oxygen atoms in total. The fourth-order valence-corrected chi connectivity index (χ4v) is 1.74. The first-order chi connectivity index (χ1) is 6.83. The van der Waals surface area contributed by atoms with Crippen LogP contribution in [-0.4, -0.2) is 18.6 Å². The van der Waals surface area contributed by atoms with Gasteiger partial charge in [-0.15, -0.1) is 0 Å². The van der Waals surface area contributed by atoms with Crippen molar-refractivity contribution in [3.63, 3.8) is 0 Å². The third-order valence-corrected chi connectivity index (χ3v) is 2.70. The SMILES string of the molecule is CSCCCCOc1cccc(C)c1. The van der Waals surface area contributed by atoms with Gasteiger partial charge >= 0.3 is 0 Å². The molecule has 0 amide bonds. The molecule has 0 aliphatic rings. The average molecular weight is 210 g/mol. The first kappa shape index (κ1) is 11.4. The minimum absolute atomic E-state index is 0.837. The lowest BCUT2D eigenvalue weighted by Gasteiger charge is -2.05. The van der Waals surface area contributed by atoms with Crippen molar-refractivity contribution in [1.82, 2.24) is 0 Å². The molecule has 78 valence electrons. The molecule has 0 saturated carbocycles. The Labute approximate surface area is 90.9 Å². The molecule has 1 aromatic carbocycles. The first-order valence-electron chi connectivity index (χ1n) is 5.01. The Morgan fingerprint density at radius 1 is 1.29 bits per heavy atom. The molecule has 0 spiro atoms. The summed E-state index contributed by atoms with van der Waals surface area (Å²) in [7, 11) is 0. The number of hydrogen-bond acceptors (Lipinski definition) is 2. The monoisotopic (exact) mass is 210 g/mol. The zero-order valence-corrected chi connectivity index (χ0v) is 9.77. The van der Waals surface area contributed by atoms with Crippen molar-refractivity contribution in [3.8, 4) is 5.75 Å². The molecule has 0 aliphatic carbocycles. The Kier molecular flexibility index (Phi) is 5.53. The van der Waals surface area contributed by atoms with Crippen molar-refractivity contribution < 1.29 is 4.74 Å². The Morgan fingerprint density at radius 3 is 2.86 bits per heavy atom. The number of thioether (sulfide) groups is 1. The molecule has 2 heteroatoms. The lowest BCUT2D eigenvalue weighted by molar-refractivity contribution is 0.309. The largest absolute Gasteiger partial charge is 0.494 e. The van der Waals surface area contributed by atoms with Gasteiger partial charge in [0, 0.05) is 0 Å². The van der Waals surface area contributed by atoms with Crippen molar-refractivity contribution >= 4 is 11.8 Å². The Balaban J connectivity index is 2.18. The van der Waals surface area contributed by atoms with Crippen molar-refractivity contribution in [2.45, 2.75) is 19.8 Å². The van der Waals surface area contributed by atoms with Crippen LogP contribution in [0.2, 0.25) is 0 Å². The Bertz CT molecular complexity index is 260. The van der Waals surface area contributed by atoms with E-state index >= 15 is 0 Å². The van der Waals surface area contributed by atoms with Gasteiger partial charge in [0.25, 0.3) is 0 Å². The molecule has 14 heavy (non-hydrogen) atoms. The summed E-state index contributed by atoms with van der Waals surface area (Å²) in [5, 5.41) is 0. The molecule has 0 unspecified atom stereocenters. The first-order valence-corrected chi connectivity index (χ1v) is 6.40. The fourth-order valence-electron chi connectivity index (χ4n) is 1.24. The zero-order valence-electron chi connectivity index (χ0n) is 8.95. The van der Waals surface area contributed by atoms with Gasteiger partial charge in [-0.25, -0.2) is 0 Å². The maximum Gasteiger partial charge on any atom is 0.119 e. The number of rotatable bonds is 6. The Hall–Kier alpha value is -0.630. The molecular formula is C12H18OS. The number of hydrogen-bond donors (Lipinski definition) is 0. The van der Waals surface area contributed by atoms with E-state index in [2.05, 4.69) is 25.3 Å². The van der Waals surface area contributed by atoms with E-state index in [9.17, 15) is 0 Å². The molecular weight excluding hydrogens is 192 g/mol. The molecule has 1 rings (SSSR count). The summed E-state index contributed by atoms with van der Waals surface area (Å²) >= 11 is 1.89. The van der Waals surface area contributed by atoms with E-state index in [0.29, 0.717) is 0 Å². The van der Waals surface area contributed by atoms with E-state index in [0.717, 1.165) is 18.8 Å². The molecule has 0 saturated heterocycles. The number of unbranched alkanes of at least 4 members (excludes halogenated alkanes) is 1. The minimum Gasteiger partial charge on any atom is -0.494 e. The molecule has 1 aromatic rings. The van der Waals surface area contributed by atoms with Crippen LogP contribution in [0.25, 0.3) is 0 Å². The highest BCUT2D eigenvalue weighted by Crippen LogP contribution is 2.12. The summed E-state index contributed by atoms with van der Waals surface area (Å²) in [4.78, 5) is 0. The van der Waals surface area contributed by atoms with Gasteiger partial charge in [0.2, 0.25) is 0 Å². The van der Waals surface area contributed by atoms with Gasteiger partial charge in [0.05, 0.1) is 6.61 Å². The highest BCUT2D eigenvalue weighted by Gasteiger charge is 1.93. The van der Waals surface area contributed by atoms with Crippen molar-refractivity contribution in [3.05, 3.63) is 29.8 Å². The van der Waals surface area contributed by atoms with Crippen LogP contribution in [-0.2, 0) is 0 Å². The van der Waals surface area contributed by atoms with E-state index in [1.54, 1.807) is 0 Å². The smallest absolute Gasteiger partial charge is 0.119 e. The third-order valence-electron chi connectivity index (χ3n) is 2.00. The summed E-state index contributed by atoms with van der Waals surface area (Å²) in [6, 6.07) is 8.21. The summed E-state index contributed by atoms with van der Waals surface area (Å²) in [5.41, 5.74) is 1.26. The van der Waals surface area contributed by atoms with Gasteiger partial charge in [0.15, 0.2) is 0 Å². The van der Waals surface area contributed by atoms with Gasteiger partial charge in [0.1, 0.15) is 5.75 Å². The van der Waals surface area contributed by atoms with Crippen LogP contribution in [0.3, 0.4) is 0 Å². The van der Waals surface area contributed by atoms with Gasteiger partial charge in [-0.05, 0) is 49.5 Å². The van der Waals surface area contributed by atoms with Crippen molar-refractivity contribution in [2.24, 2.45) is 0 Å². The van der Waals surface area contributed by atoms with Gasteiger partial charge in [-0.2, -0.15) is 11.8 Å². The molecule has 0 atom stereocenters. The normalized spacial score (nSPS) is 10.1. The van der Waals surface area contributed by atoms with E-state index < -0.39 is 0 Å². The summed E-state index contributed by atoms with van der Waals surface area (Å²) in [5.74, 6) is 2.23. The predicted octanol–water partition coefficient (Wildman–Crippen LogP) is 3.52. The van der Waals surface area contributed by atoms with Gasteiger partial charge < -0.3 is 4.74 Å². The maximum atomic E-state index is 5.62. The van der Waals surface area contributed by atoms with Crippen LogP contribution in [0, 0.1) is 6.92 Å². The quantitative estimate of drug-likeness (QED) is 0.664. The lowest BCUT2D eigenvalue weighted by Crippen LogP contribution is -1.97. The van der Waals surface area contributed by atoms with E-state index in [1.807, 2.05) is 23.9 Å². The minimum atomic E-state index is 0.837. The van der Waals surface area contributed by atoms with Gasteiger partial charge in [-0.1, -0.05) is 12.1 Å².